The van der Waals surface area contributed by atoms with Crippen LogP contribution >= 0.6 is 23.4 Å². The lowest BCUT2D eigenvalue weighted by molar-refractivity contribution is -0.121. The number of aromatic nitrogens is 3. The second kappa shape index (κ2) is 9.77. The molecule has 0 bridgehead atoms. The SMILES string of the molecule is C[C@H](Sc1nnc(COc2ccccc2Cl)n1C1CC1)C(=O)N[C@@H]1CCCc2ccccc21. The molecule has 1 aromatic heterocycles. The second-order valence-electron chi connectivity index (χ2n) is 8.63. The number of thioether (sulfide) groups is 1. The van der Waals surface area contributed by atoms with Gasteiger partial charge in [0.25, 0.3) is 0 Å². The number of ether oxygens (including phenoxy) is 1. The van der Waals surface area contributed by atoms with Crippen LogP contribution in [0.4, 0.5) is 0 Å². The van der Waals surface area contributed by atoms with Gasteiger partial charge >= 0.3 is 0 Å². The van der Waals surface area contributed by atoms with E-state index in [-0.39, 0.29) is 23.8 Å². The molecule has 172 valence electrons. The maximum atomic E-state index is 13.0. The molecule has 2 aliphatic carbocycles. The van der Waals surface area contributed by atoms with Crippen molar-refractivity contribution < 1.29 is 9.53 Å². The molecule has 0 aliphatic heterocycles. The number of para-hydroxylation sites is 1. The van der Waals surface area contributed by atoms with Crippen LogP contribution in [-0.2, 0) is 17.8 Å². The lowest BCUT2D eigenvalue weighted by Crippen LogP contribution is -2.36. The predicted octanol–water partition coefficient (Wildman–Crippen LogP) is 5.52. The van der Waals surface area contributed by atoms with Crippen molar-refractivity contribution in [1.29, 1.82) is 0 Å². The lowest BCUT2D eigenvalue weighted by atomic mass is 9.88. The van der Waals surface area contributed by atoms with E-state index in [4.69, 9.17) is 16.3 Å². The molecule has 1 amide bonds. The Kier molecular flexibility index (Phi) is 6.60. The van der Waals surface area contributed by atoms with Gasteiger partial charge in [0.1, 0.15) is 12.4 Å². The largest absolute Gasteiger partial charge is 0.484 e. The number of amides is 1. The van der Waals surface area contributed by atoms with Crippen molar-refractivity contribution in [3.05, 3.63) is 70.5 Å². The van der Waals surface area contributed by atoms with Crippen LogP contribution in [0, 0.1) is 0 Å². The zero-order valence-corrected chi connectivity index (χ0v) is 20.1. The molecule has 0 saturated heterocycles. The fraction of sp³-hybridized carbons (Fsp3) is 0.400. The van der Waals surface area contributed by atoms with E-state index >= 15 is 0 Å². The Hall–Kier alpha value is -2.51. The molecule has 2 aromatic carbocycles. The van der Waals surface area contributed by atoms with Gasteiger partial charge in [-0.25, -0.2) is 0 Å². The van der Waals surface area contributed by atoms with Crippen molar-refractivity contribution >= 4 is 29.3 Å². The lowest BCUT2D eigenvalue weighted by Gasteiger charge is -2.27. The highest BCUT2D eigenvalue weighted by atomic mass is 35.5. The van der Waals surface area contributed by atoms with Crippen molar-refractivity contribution in [3.63, 3.8) is 0 Å². The van der Waals surface area contributed by atoms with Crippen LogP contribution in [-0.4, -0.2) is 25.9 Å². The summed E-state index contributed by atoms with van der Waals surface area (Å²) in [5.41, 5.74) is 2.58. The molecule has 3 aromatic rings. The van der Waals surface area contributed by atoms with Gasteiger partial charge < -0.3 is 10.1 Å². The van der Waals surface area contributed by atoms with Crippen molar-refractivity contribution in [2.75, 3.05) is 0 Å². The molecule has 0 spiro atoms. The normalized spacial score (nSPS) is 18.4. The molecule has 2 aliphatic rings. The average Bonchev–Trinajstić information content (AvgIpc) is 3.59. The van der Waals surface area contributed by atoms with E-state index in [1.165, 1.54) is 22.9 Å². The Morgan fingerprint density at radius 3 is 2.79 bits per heavy atom. The third-order valence-corrected chi connectivity index (χ3v) is 7.55. The minimum atomic E-state index is -0.280. The molecule has 1 fully saturated rings. The number of hydrogen-bond acceptors (Lipinski definition) is 5. The van der Waals surface area contributed by atoms with E-state index in [0.717, 1.165) is 43.1 Å². The van der Waals surface area contributed by atoms with Gasteiger partial charge in [0.2, 0.25) is 5.91 Å². The van der Waals surface area contributed by atoms with Gasteiger partial charge in [0.05, 0.1) is 16.3 Å². The molecule has 5 rings (SSSR count). The first-order chi connectivity index (χ1) is 16.1. The van der Waals surface area contributed by atoms with Gasteiger partial charge in [-0.1, -0.05) is 59.8 Å². The standard InChI is InChI=1S/C25H27ClN4O2S/c1-16(24(31)27-21-11-6-8-17-7-2-3-9-19(17)21)33-25-29-28-23(30(25)18-13-14-18)15-32-22-12-5-4-10-20(22)26/h2-5,7,9-10,12,16,18,21H,6,8,11,13-15H2,1H3,(H,27,31)/t16-,21+/m0/s1. The fourth-order valence-corrected chi connectivity index (χ4v) is 5.43. The number of halogens is 1. The summed E-state index contributed by atoms with van der Waals surface area (Å²) in [7, 11) is 0. The molecule has 8 heteroatoms. The Labute approximate surface area is 203 Å². The number of nitrogens with zero attached hydrogens (tertiary/aromatic N) is 3. The predicted molar refractivity (Wildman–Crippen MR) is 130 cm³/mol. The quantitative estimate of drug-likeness (QED) is 0.428. The van der Waals surface area contributed by atoms with Gasteiger partial charge in [0.15, 0.2) is 11.0 Å². The molecule has 33 heavy (non-hydrogen) atoms. The van der Waals surface area contributed by atoms with Crippen molar-refractivity contribution in [2.24, 2.45) is 0 Å². The first-order valence-corrected chi connectivity index (χ1v) is 12.7. The third-order valence-electron chi connectivity index (χ3n) is 6.18. The number of fused-ring (bicyclic) bond motifs is 1. The monoisotopic (exact) mass is 482 g/mol. The molecule has 1 heterocycles. The number of carbonyl (C=O) groups is 1. The summed E-state index contributed by atoms with van der Waals surface area (Å²) in [4.78, 5) is 13.0. The van der Waals surface area contributed by atoms with Gasteiger partial charge in [0, 0.05) is 6.04 Å². The molecule has 6 nitrogen and oxygen atoms in total. The Bertz CT molecular complexity index is 1150. The van der Waals surface area contributed by atoms with Crippen molar-refractivity contribution in [2.45, 2.75) is 68.1 Å². The van der Waals surface area contributed by atoms with E-state index in [1.807, 2.05) is 31.2 Å². The van der Waals surface area contributed by atoms with Crippen LogP contribution in [0.15, 0.2) is 53.7 Å². The summed E-state index contributed by atoms with van der Waals surface area (Å²) in [5.74, 6) is 1.41. The van der Waals surface area contributed by atoms with Crippen LogP contribution in [0.2, 0.25) is 5.02 Å². The summed E-state index contributed by atoms with van der Waals surface area (Å²) >= 11 is 7.67. The highest BCUT2D eigenvalue weighted by Crippen LogP contribution is 2.40. The molecule has 0 unspecified atom stereocenters. The van der Waals surface area contributed by atoms with E-state index < -0.39 is 0 Å². The average molecular weight is 483 g/mol. The van der Waals surface area contributed by atoms with Gasteiger partial charge in [-0.15, -0.1) is 10.2 Å². The molecule has 0 radical (unpaired) electrons. The summed E-state index contributed by atoms with van der Waals surface area (Å²) in [6.45, 7) is 2.22. The Balaban J connectivity index is 1.25. The molecule has 2 atom stereocenters. The zero-order valence-electron chi connectivity index (χ0n) is 18.5. The highest BCUT2D eigenvalue weighted by molar-refractivity contribution is 8.00. The van der Waals surface area contributed by atoms with E-state index in [2.05, 4.69) is 38.3 Å². The van der Waals surface area contributed by atoms with Gasteiger partial charge in [-0.05, 0) is 62.3 Å². The van der Waals surface area contributed by atoms with Crippen LogP contribution in [0.1, 0.15) is 61.6 Å². The van der Waals surface area contributed by atoms with Crippen molar-refractivity contribution in [1.82, 2.24) is 20.1 Å². The topological polar surface area (TPSA) is 69.0 Å². The van der Waals surface area contributed by atoms with E-state index in [9.17, 15) is 4.79 Å². The summed E-state index contributed by atoms with van der Waals surface area (Å²) in [6.07, 6.45) is 5.32. The highest BCUT2D eigenvalue weighted by Gasteiger charge is 2.32. The Morgan fingerprint density at radius 2 is 1.97 bits per heavy atom. The van der Waals surface area contributed by atoms with Gasteiger partial charge in [-0.2, -0.15) is 0 Å². The van der Waals surface area contributed by atoms with Crippen molar-refractivity contribution in [3.8, 4) is 5.75 Å². The number of rotatable bonds is 8. The maximum Gasteiger partial charge on any atom is 0.233 e. The fourth-order valence-electron chi connectivity index (χ4n) is 4.29. The second-order valence-corrected chi connectivity index (χ2v) is 10.3. The molecular formula is C25H27ClN4O2S. The number of nitrogens with one attached hydrogen (secondary N) is 1. The third kappa shape index (κ3) is 5.04. The van der Waals surface area contributed by atoms with Gasteiger partial charge in [-0.3, -0.25) is 9.36 Å². The van der Waals surface area contributed by atoms with Crippen LogP contribution < -0.4 is 10.1 Å². The van der Waals surface area contributed by atoms with E-state index in [0.29, 0.717) is 16.8 Å². The number of hydrogen-bond donors (Lipinski definition) is 1. The minimum absolute atomic E-state index is 0.0286. The zero-order chi connectivity index (χ0) is 22.8. The Morgan fingerprint density at radius 1 is 1.18 bits per heavy atom. The maximum absolute atomic E-state index is 13.0. The minimum Gasteiger partial charge on any atom is -0.484 e. The number of carbonyl (C=O) groups excluding carboxylic acids is 1. The number of aryl methyl sites for hydroxylation is 1. The molecular weight excluding hydrogens is 456 g/mol. The first kappa shape index (κ1) is 22.3. The molecule has 1 saturated carbocycles. The summed E-state index contributed by atoms with van der Waals surface area (Å²) in [5, 5.41) is 13.1. The van der Waals surface area contributed by atoms with Crippen LogP contribution in [0.3, 0.4) is 0 Å². The van der Waals surface area contributed by atoms with Crippen LogP contribution in [0.25, 0.3) is 0 Å². The smallest absolute Gasteiger partial charge is 0.233 e. The summed E-state index contributed by atoms with van der Waals surface area (Å²) < 4.78 is 8.02. The van der Waals surface area contributed by atoms with E-state index in [1.54, 1.807) is 6.07 Å². The first-order valence-electron chi connectivity index (χ1n) is 11.5. The summed E-state index contributed by atoms with van der Waals surface area (Å²) in [6, 6.07) is 16.3. The number of benzene rings is 2. The molecule has 1 N–H and O–H groups in total. The van der Waals surface area contributed by atoms with Crippen LogP contribution in [0.5, 0.6) is 5.75 Å².